The number of aryl methyl sites for hydroxylation is 2. The highest BCUT2D eigenvalue weighted by atomic mass is 35.5. The minimum absolute atomic E-state index is 0.0978. The maximum absolute atomic E-state index is 14.0. The van der Waals surface area contributed by atoms with E-state index in [4.69, 9.17) is 37.9 Å². The molecule has 5 aliphatic heterocycles. The maximum atomic E-state index is 14.0. The smallest absolute Gasteiger partial charge is 0.258 e. The molecule has 10 aromatic heterocycles. The van der Waals surface area contributed by atoms with Crippen molar-refractivity contribution in [2.75, 3.05) is 82.4 Å². The Labute approximate surface area is 515 Å². The highest BCUT2D eigenvalue weighted by Gasteiger charge is 2.32. The van der Waals surface area contributed by atoms with Crippen LogP contribution in [0.15, 0.2) is 149 Å². The molecule has 19 nitrogen and oxygen atoms in total. The van der Waals surface area contributed by atoms with Crippen molar-refractivity contribution >= 4 is 68.4 Å². The molecule has 88 heavy (non-hydrogen) atoms. The lowest BCUT2D eigenvalue weighted by Gasteiger charge is -2.38. The van der Waals surface area contributed by atoms with Gasteiger partial charge in [0.2, 0.25) is 0 Å². The number of imidazole rings is 2. The van der Waals surface area contributed by atoms with Crippen LogP contribution in [-0.4, -0.2) is 141 Å². The van der Waals surface area contributed by atoms with Crippen molar-refractivity contribution in [3.05, 3.63) is 198 Å². The van der Waals surface area contributed by atoms with Crippen LogP contribution in [0, 0.1) is 19.7 Å². The molecule has 15 heterocycles. The summed E-state index contributed by atoms with van der Waals surface area (Å²) >= 11 is 12.9. The van der Waals surface area contributed by atoms with Crippen molar-refractivity contribution in [1.29, 1.82) is 0 Å². The number of benzene rings is 1. The van der Waals surface area contributed by atoms with Crippen molar-refractivity contribution in [2.24, 2.45) is 0 Å². The summed E-state index contributed by atoms with van der Waals surface area (Å²) in [6.07, 6.45) is 21.2. The van der Waals surface area contributed by atoms with Gasteiger partial charge in [-0.2, -0.15) is 0 Å². The van der Waals surface area contributed by atoms with Gasteiger partial charge in [0.1, 0.15) is 16.9 Å². The van der Waals surface area contributed by atoms with Crippen molar-refractivity contribution in [1.82, 2.24) is 62.0 Å². The van der Waals surface area contributed by atoms with Crippen LogP contribution in [0.4, 0.5) is 15.8 Å². The van der Waals surface area contributed by atoms with Gasteiger partial charge < -0.3 is 28.7 Å². The summed E-state index contributed by atoms with van der Waals surface area (Å²) in [4.78, 5) is 71.5. The van der Waals surface area contributed by atoms with Crippen LogP contribution < -0.4 is 36.5 Å². The molecule has 22 heteroatoms. The number of ether oxygens (including phenoxy) is 1. The zero-order valence-electron chi connectivity index (χ0n) is 49.0. The summed E-state index contributed by atoms with van der Waals surface area (Å²) < 4.78 is 27.4. The van der Waals surface area contributed by atoms with Crippen molar-refractivity contribution in [3.63, 3.8) is 0 Å². The Balaban J connectivity index is 0.000000117. The molecule has 16 rings (SSSR count). The summed E-state index contributed by atoms with van der Waals surface area (Å²) in [5, 5.41) is 4.32. The summed E-state index contributed by atoms with van der Waals surface area (Å²) in [7, 11) is 1.43. The van der Waals surface area contributed by atoms with Gasteiger partial charge in [-0.15, -0.1) is 0 Å². The molecule has 5 aliphatic rings. The summed E-state index contributed by atoms with van der Waals surface area (Å²) in [6.45, 7) is 14.2. The number of rotatable bonds is 7. The lowest BCUT2D eigenvalue weighted by atomic mass is 10.1. The number of pyridine rings is 5. The second kappa shape index (κ2) is 23.7. The minimum Gasteiger partial charge on any atom is -0.494 e. The van der Waals surface area contributed by atoms with E-state index in [9.17, 15) is 18.8 Å². The van der Waals surface area contributed by atoms with Gasteiger partial charge in [-0.25, -0.2) is 29.3 Å². The first-order valence-electron chi connectivity index (χ1n) is 29.9. The van der Waals surface area contributed by atoms with E-state index < -0.39 is 5.82 Å². The Morgan fingerprint density at radius 2 is 1.03 bits per heavy atom. The van der Waals surface area contributed by atoms with Gasteiger partial charge in [-0.3, -0.25) is 37.4 Å². The second-order valence-electron chi connectivity index (χ2n) is 23.3. The molecule has 0 saturated carbocycles. The van der Waals surface area contributed by atoms with E-state index in [-0.39, 0.29) is 22.4 Å². The van der Waals surface area contributed by atoms with Gasteiger partial charge in [-0.1, -0.05) is 35.3 Å². The summed E-state index contributed by atoms with van der Waals surface area (Å²) in [6, 6.07) is 26.0. The SMILES string of the molecule is COc1ccc(-c2ccc3nc(C4=CCNCC4)cc(=O)n3c2)cc1F.Cc1cn2cc(-c3cc(=O)n4cc(N5CCN6CCC[C@@H]6C5)ccc4n3)cc(Cl)c2n1.Cc1cn2cc(-c3cc(=O)n4cc(N5CCN6CCC[C@H]6C5)ccc4n3)cc(Cl)c2n1. The summed E-state index contributed by atoms with van der Waals surface area (Å²) in [5.41, 5.74) is 12.8. The van der Waals surface area contributed by atoms with E-state index in [0.717, 1.165) is 109 Å². The van der Waals surface area contributed by atoms with Crippen molar-refractivity contribution in [3.8, 4) is 39.4 Å². The molecule has 0 aliphatic carbocycles. The maximum Gasteiger partial charge on any atom is 0.258 e. The lowest BCUT2D eigenvalue weighted by molar-refractivity contribution is 0.231. The van der Waals surface area contributed by atoms with Gasteiger partial charge in [0, 0.05) is 131 Å². The van der Waals surface area contributed by atoms with Crippen LogP contribution in [0.2, 0.25) is 10.0 Å². The van der Waals surface area contributed by atoms with Crippen LogP contribution >= 0.6 is 23.2 Å². The topological polar surface area (TPSA) is 172 Å². The van der Waals surface area contributed by atoms with Crippen LogP contribution in [0.5, 0.6) is 5.75 Å². The Kier molecular flexibility index (Phi) is 15.4. The lowest BCUT2D eigenvalue weighted by Crippen LogP contribution is -2.50. The first kappa shape index (κ1) is 57.0. The van der Waals surface area contributed by atoms with Crippen LogP contribution in [-0.2, 0) is 0 Å². The molecule has 1 N–H and O–H groups in total. The Bertz CT molecular complexity index is 4560. The minimum atomic E-state index is -0.441. The molecule has 0 spiro atoms. The number of hydrogen-bond donors (Lipinski definition) is 1. The van der Waals surface area contributed by atoms with E-state index in [0.29, 0.717) is 67.3 Å². The van der Waals surface area contributed by atoms with Crippen molar-refractivity contribution < 1.29 is 9.13 Å². The second-order valence-corrected chi connectivity index (χ2v) is 24.1. The first-order chi connectivity index (χ1) is 42.7. The predicted molar refractivity (Wildman–Crippen MR) is 343 cm³/mol. The van der Waals surface area contributed by atoms with Gasteiger partial charge in [0.15, 0.2) is 22.9 Å². The molecule has 2 atom stereocenters. The first-order valence-corrected chi connectivity index (χ1v) is 30.6. The molecular formula is C66H64Cl2FN15O4. The fraction of sp³-hybridized carbons (Fsp3) is 0.303. The quantitative estimate of drug-likeness (QED) is 0.160. The number of anilines is 2. The number of nitrogens with one attached hydrogen (secondary N) is 1. The third-order valence-electron chi connectivity index (χ3n) is 17.6. The van der Waals surface area contributed by atoms with Gasteiger partial charge in [0.25, 0.3) is 16.7 Å². The molecule has 4 fully saturated rings. The molecule has 448 valence electrons. The highest BCUT2D eigenvalue weighted by molar-refractivity contribution is 6.34. The molecular weight excluding hydrogens is 1160 g/mol. The van der Waals surface area contributed by atoms with Gasteiger partial charge in [-0.05, 0) is 143 Å². The van der Waals surface area contributed by atoms with E-state index >= 15 is 0 Å². The fourth-order valence-corrected chi connectivity index (χ4v) is 13.6. The molecule has 4 saturated heterocycles. The number of piperazine rings is 2. The number of methoxy groups -OCH3 is 1. The van der Waals surface area contributed by atoms with E-state index in [2.05, 4.69) is 58.1 Å². The van der Waals surface area contributed by atoms with E-state index in [1.54, 1.807) is 51.4 Å². The van der Waals surface area contributed by atoms with Gasteiger partial charge >= 0.3 is 0 Å². The van der Waals surface area contributed by atoms with E-state index in [1.165, 1.54) is 56.3 Å². The molecule has 11 aromatic rings. The van der Waals surface area contributed by atoms with Crippen LogP contribution in [0.25, 0.3) is 67.5 Å². The number of halogens is 3. The zero-order valence-corrected chi connectivity index (χ0v) is 50.5. The predicted octanol–water partition coefficient (Wildman–Crippen LogP) is 9.40. The molecule has 0 unspecified atom stereocenters. The third kappa shape index (κ3) is 11.3. The standard InChI is InChI=1S/2C23H23ClN6O.C20H18FN3O2/c2*1-15-11-29-12-16(9-19(24)23(29)25-15)20-10-22(31)30-14-18(4-5-21(30)26-20)28-8-7-27-6-2-3-17(27)13-28;1-26-18-4-2-14(10-16(18)21)15-3-5-19-23-17(11-20(25)24(19)12-15)13-6-8-22-9-7-13/h2*4-5,9-12,14,17H,2-3,6-8,13H2,1H3;2-6,10-12,22H,7-9H2,1H3/t2*17-;/m10./s1. The third-order valence-corrected chi connectivity index (χ3v) is 18.1. The Hall–Kier alpha value is -8.79. The van der Waals surface area contributed by atoms with Gasteiger partial charge in [0.05, 0.1) is 57.0 Å². The normalized spacial score (nSPS) is 17.9. The number of fused-ring (bicyclic) bond motifs is 7. The van der Waals surface area contributed by atoms with Crippen LogP contribution in [0.3, 0.4) is 0 Å². The Morgan fingerprint density at radius 3 is 1.55 bits per heavy atom. The fourth-order valence-electron chi connectivity index (χ4n) is 13.1. The molecule has 1 aromatic carbocycles. The number of hydrogen-bond acceptors (Lipinski definition) is 14. The largest absolute Gasteiger partial charge is 0.494 e. The average Bonchev–Trinajstić information content (AvgIpc) is 1.69. The molecule has 0 bridgehead atoms. The molecule has 0 radical (unpaired) electrons. The number of aromatic nitrogens is 10. The van der Waals surface area contributed by atoms with Crippen molar-refractivity contribution in [2.45, 2.75) is 58.0 Å². The molecule has 0 amide bonds. The number of nitrogens with zero attached hydrogens (tertiary/aromatic N) is 14. The average molecular weight is 1220 g/mol. The van der Waals surface area contributed by atoms with Crippen LogP contribution in [0.1, 0.15) is 49.2 Å². The Morgan fingerprint density at radius 1 is 0.534 bits per heavy atom. The monoisotopic (exact) mass is 1220 g/mol. The summed E-state index contributed by atoms with van der Waals surface area (Å²) in [5.74, 6) is -0.253. The van der Waals surface area contributed by atoms with E-state index in [1.807, 2.05) is 90.2 Å². The highest BCUT2D eigenvalue weighted by Crippen LogP contribution is 2.32. The zero-order chi connectivity index (χ0) is 60.3.